The predicted molar refractivity (Wildman–Crippen MR) is 47.5 cm³/mol. The molecule has 0 fully saturated rings. The van der Waals surface area contributed by atoms with E-state index in [2.05, 4.69) is 17.0 Å². The van der Waals surface area contributed by atoms with Crippen LogP contribution < -0.4 is 5.32 Å². The van der Waals surface area contributed by atoms with Gasteiger partial charge in [0.05, 0.1) is 6.20 Å². The van der Waals surface area contributed by atoms with Crippen LogP contribution in [0, 0.1) is 6.92 Å². The molecule has 3 nitrogen and oxygen atoms in total. The van der Waals surface area contributed by atoms with Gasteiger partial charge in [-0.05, 0) is 13.8 Å². The molecule has 0 bridgehead atoms. The first-order valence-corrected chi connectivity index (χ1v) is 3.55. The van der Waals surface area contributed by atoms with E-state index >= 15 is 0 Å². The second-order valence-electron chi connectivity index (χ2n) is 2.57. The largest absolute Gasteiger partial charge is 0.373 e. The molecule has 1 heterocycles. The average Bonchev–Trinajstić information content (AvgIpc) is 2.30. The Morgan fingerprint density at radius 1 is 1.73 bits per heavy atom. The van der Waals surface area contributed by atoms with Gasteiger partial charge >= 0.3 is 0 Å². The molecule has 3 heteroatoms. The van der Waals surface area contributed by atoms with E-state index in [1.165, 1.54) is 0 Å². The summed E-state index contributed by atoms with van der Waals surface area (Å²) in [5, 5.41) is 7.21. The van der Waals surface area contributed by atoms with Gasteiger partial charge in [0.15, 0.2) is 0 Å². The molecule has 0 saturated heterocycles. The van der Waals surface area contributed by atoms with Crippen molar-refractivity contribution in [1.29, 1.82) is 0 Å². The zero-order valence-electron chi connectivity index (χ0n) is 7.18. The smallest absolute Gasteiger partial charge is 0.132 e. The molecule has 0 saturated carbocycles. The van der Waals surface area contributed by atoms with Crippen LogP contribution in [-0.4, -0.2) is 16.8 Å². The first-order valence-electron chi connectivity index (χ1n) is 3.55. The summed E-state index contributed by atoms with van der Waals surface area (Å²) >= 11 is 0. The number of rotatable bonds is 2. The molecule has 0 aliphatic heterocycles. The fourth-order valence-electron chi connectivity index (χ4n) is 1.02. The Balaban J connectivity index is 3.15. The lowest BCUT2D eigenvalue weighted by atomic mass is 10.4. The van der Waals surface area contributed by atoms with Crippen LogP contribution in [0.3, 0.4) is 0 Å². The summed E-state index contributed by atoms with van der Waals surface area (Å²) in [6.45, 7) is 7.74. The minimum atomic E-state index is 0.919. The van der Waals surface area contributed by atoms with Crippen LogP contribution in [0.4, 0.5) is 5.82 Å². The van der Waals surface area contributed by atoms with E-state index in [1.54, 1.807) is 4.68 Å². The molecule has 1 rings (SSSR count). The van der Waals surface area contributed by atoms with Crippen LogP contribution >= 0.6 is 0 Å². The summed E-state index contributed by atoms with van der Waals surface area (Å²) in [7, 11) is 1.88. The molecule has 0 unspecified atom stereocenters. The van der Waals surface area contributed by atoms with Crippen LogP contribution in [0.15, 0.2) is 12.8 Å². The second kappa shape index (κ2) is 2.78. The van der Waals surface area contributed by atoms with Gasteiger partial charge in [-0.25, -0.2) is 4.68 Å². The van der Waals surface area contributed by atoms with Crippen molar-refractivity contribution in [2.45, 2.75) is 13.8 Å². The van der Waals surface area contributed by atoms with E-state index in [0.29, 0.717) is 0 Å². The Labute approximate surface area is 66.7 Å². The third-order valence-corrected chi connectivity index (χ3v) is 1.55. The highest BCUT2D eigenvalue weighted by molar-refractivity contribution is 5.53. The van der Waals surface area contributed by atoms with Gasteiger partial charge in [0, 0.05) is 18.3 Å². The number of anilines is 1. The van der Waals surface area contributed by atoms with Crippen LogP contribution in [0.5, 0.6) is 0 Å². The molecule has 0 aromatic carbocycles. The number of aromatic nitrogens is 2. The Hall–Kier alpha value is -1.25. The van der Waals surface area contributed by atoms with E-state index in [-0.39, 0.29) is 0 Å². The molecule has 0 aliphatic carbocycles. The van der Waals surface area contributed by atoms with Crippen molar-refractivity contribution in [2.24, 2.45) is 0 Å². The fourth-order valence-corrected chi connectivity index (χ4v) is 1.02. The van der Waals surface area contributed by atoms with E-state index < -0.39 is 0 Å². The molecule has 11 heavy (non-hydrogen) atoms. The monoisotopic (exact) mass is 151 g/mol. The van der Waals surface area contributed by atoms with E-state index in [9.17, 15) is 0 Å². The summed E-state index contributed by atoms with van der Waals surface area (Å²) in [6.07, 6.45) is 1.82. The lowest BCUT2D eigenvalue weighted by Gasteiger charge is -2.05. The standard InChI is InChI=1S/C8H13N3/c1-6(2)11-8(9-4)7(3)5-10-11/h5,9H,1H2,2-4H3. The Kier molecular flexibility index (Phi) is 1.98. The molecule has 0 spiro atoms. The van der Waals surface area contributed by atoms with E-state index in [4.69, 9.17) is 0 Å². The maximum absolute atomic E-state index is 4.14. The SMILES string of the molecule is C=C(C)n1ncc(C)c1NC. The quantitative estimate of drug-likeness (QED) is 0.697. The highest BCUT2D eigenvalue weighted by Gasteiger charge is 2.03. The minimum absolute atomic E-state index is 0.919. The molecule has 60 valence electrons. The summed E-state index contributed by atoms with van der Waals surface area (Å²) in [5.74, 6) is 1.01. The highest BCUT2D eigenvalue weighted by atomic mass is 15.3. The van der Waals surface area contributed by atoms with Crippen LogP contribution in [0.2, 0.25) is 0 Å². The molecule has 0 atom stereocenters. The van der Waals surface area contributed by atoms with Crippen molar-refractivity contribution >= 4 is 11.5 Å². The lowest BCUT2D eigenvalue weighted by molar-refractivity contribution is 0.902. The first-order chi connectivity index (χ1) is 5.16. The summed E-state index contributed by atoms with van der Waals surface area (Å²) in [4.78, 5) is 0. The van der Waals surface area contributed by atoms with Crippen LogP contribution in [-0.2, 0) is 0 Å². The number of allylic oxidation sites excluding steroid dienone is 1. The maximum Gasteiger partial charge on any atom is 0.132 e. The van der Waals surface area contributed by atoms with Crippen molar-refractivity contribution in [3.05, 3.63) is 18.3 Å². The molecular formula is C8H13N3. The van der Waals surface area contributed by atoms with Gasteiger partial charge in [0.1, 0.15) is 5.82 Å². The Morgan fingerprint density at radius 3 is 2.73 bits per heavy atom. The molecule has 1 N–H and O–H groups in total. The Bertz CT molecular complexity index is 273. The van der Waals surface area contributed by atoms with Gasteiger partial charge in [-0.3, -0.25) is 0 Å². The van der Waals surface area contributed by atoms with Crippen LogP contribution in [0.1, 0.15) is 12.5 Å². The molecule has 1 aromatic heterocycles. The number of nitrogens with zero attached hydrogens (tertiary/aromatic N) is 2. The topological polar surface area (TPSA) is 29.9 Å². The normalized spacial score (nSPS) is 9.73. The highest BCUT2D eigenvalue weighted by Crippen LogP contribution is 2.15. The minimum Gasteiger partial charge on any atom is -0.373 e. The molecular weight excluding hydrogens is 138 g/mol. The molecule has 0 radical (unpaired) electrons. The van der Waals surface area contributed by atoms with E-state index in [0.717, 1.165) is 17.1 Å². The zero-order chi connectivity index (χ0) is 8.43. The van der Waals surface area contributed by atoms with Gasteiger partial charge in [0.25, 0.3) is 0 Å². The summed E-state index contributed by atoms with van der Waals surface area (Å²) in [5.41, 5.74) is 2.05. The summed E-state index contributed by atoms with van der Waals surface area (Å²) < 4.78 is 1.79. The maximum atomic E-state index is 4.14. The van der Waals surface area contributed by atoms with Crippen molar-refractivity contribution in [1.82, 2.24) is 9.78 Å². The van der Waals surface area contributed by atoms with Gasteiger partial charge in [-0.1, -0.05) is 6.58 Å². The first kappa shape index (κ1) is 7.85. The molecule has 0 aliphatic rings. The fraction of sp³-hybridized carbons (Fsp3) is 0.375. The number of nitrogens with one attached hydrogen (secondary N) is 1. The Morgan fingerprint density at radius 2 is 2.36 bits per heavy atom. The molecule has 1 aromatic rings. The second-order valence-corrected chi connectivity index (χ2v) is 2.57. The number of hydrogen-bond acceptors (Lipinski definition) is 2. The average molecular weight is 151 g/mol. The third kappa shape index (κ3) is 1.27. The van der Waals surface area contributed by atoms with Gasteiger partial charge in [0.2, 0.25) is 0 Å². The van der Waals surface area contributed by atoms with Gasteiger partial charge < -0.3 is 5.32 Å². The van der Waals surface area contributed by atoms with Crippen LogP contribution in [0.25, 0.3) is 5.70 Å². The van der Waals surface area contributed by atoms with Crippen molar-refractivity contribution in [3.8, 4) is 0 Å². The lowest BCUT2D eigenvalue weighted by Crippen LogP contribution is -2.01. The van der Waals surface area contributed by atoms with Crippen molar-refractivity contribution in [2.75, 3.05) is 12.4 Å². The predicted octanol–water partition coefficient (Wildman–Crippen LogP) is 1.72. The zero-order valence-corrected chi connectivity index (χ0v) is 7.18. The van der Waals surface area contributed by atoms with Crippen molar-refractivity contribution < 1.29 is 0 Å². The van der Waals surface area contributed by atoms with Crippen molar-refractivity contribution in [3.63, 3.8) is 0 Å². The third-order valence-electron chi connectivity index (χ3n) is 1.55. The number of aryl methyl sites for hydroxylation is 1. The number of hydrogen-bond donors (Lipinski definition) is 1. The molecule has 0 amide bonds. The van der Waals surface area contributed by atoms with E-state index in [1.807, 2.05) is 27.1 Å². The van der Waals surface area contributed by atoms with Gasteiger partial charge in [-0.15, -0.1) is 0 Å². The van der Waals surface area contributed by atoms with Gasteiger partial charge in [-0.2, -0.15) is 5.10 Å². The summed E-state index contributed by atoms with van der Waals surface area (Å²) in [6, 6.07) is 0.